The molecule has 0 radical (unpaired) electrons. The monoisotopic (exact) mass is 365 g/mol. The summed E-state index contributed by atoms with van der Waals surface area (Å²) >= 11 is 2.57. The lowest BCUT2D eigenvalue weighted by Crippen LogP contribution is -2.36. The number of primary amides is 1. The molecule has 0 bridgehead atoms. The lowest BCUT2D eigenvalue weighted by Gasteiger charge is -2.13. The number of thioether (sulfide) groups is 1. The highest BCUT2D eigenvalue weighted by atomic mass is 32.2. The number of benzene rings is 1. The number of para-hydroxylation sites is 1. The fourth-order valence-electron chi connectivity index (χ4n) is 2.13. The van der Waals surface area contributed by atoms with Crippen LogP contribution in [0.4, 0.5) is 15.6 Å². The number of hydrogen-bond acceptors (Lipinski definition) is 7. The van der Waals surface area contributed by atoms with Crippen LogP contribution in [0.3, 0.4) is 0 Å². The van der Waals surface area contributed by atoms with Crippen molar-refractivity contribution in [3.05, 3.63) is 29.3 Å². The minimum absolute atomic E-state index is 0.0589. The van der Waals surface area contributed by atoms with Gasteiger partial charge in [0.2, 0.25) is 11.0 Å². The molecule has 0 aliphatic rings. The second-order valence-corrected chi connectivity index (χ2v) is 7.06. The van der Waals surface area contributed by atoms with E-state index in [4.69, 9.17) is 5.73 Å². The van der Waals surface area contributed by atoms with Gasteiger partial charge in [-0.25, -0.2) is 4.79 Å². The van der Waals surface area contributed by atoms with E-state index in [-0.39, 0.29) is 5.75 Å². The number of anilines is 2. The van der Waals surface area contributed by atoms with Crippen LogP contribution in [-0.4, -0.2) is 27.9 Å². The third-order valence-electron chi connectivity index (χ3n) is 3.23. The Labute approximate surface area is 148 Å². The summed E-state index contributed by atoms with van der Waals surface area (Å²) in [6, 6.07) is 5.38. The molecule has 0 unspecified atom stereocenters. The number of urea groups is 1. The lowest BCUT2D eigenvalue weighted by molar-refractivity contribution is -0.117. The van der Waals surface area contributed by atoms with Gasteiger partial charge in [-0.3, -0.25) is 10.1 Å². The van der Waals surface area contributed by atoms with E-state index < -0.39 is 11.9 Å². The van der Waals surface area contributed by atoms with E-state index in [1.807, 2.05) is 5.32 Å². The van der Waals surface area contributed by atoms with Crippen molar-refractivity contribution in [1.82, 2.24) is 15.5 Å². The van der Waals surface area contributed by atoms with Crippen LogP contribution in [0.25, 0.3) is 0 Å². The Balaban J connectivity index is 2.04. The molecule has 2 aromatic rings. The van der Waals surface area contributed by atoms with Crippen LogP contribution in [-0.2, 0) is 17.6 Å². The largest absolute Gasteiger partial charge is 0.351 e. The summed E-state index contributed by atoms with van der Waals surface area (Å²) in [7, 11) is 0. The maximum Gasteiger partial charge on any atom is 0.318 e. The molecular formula is C15H19N5O2S2. The molecule has 1 heterocycles. The van der Waals surface area contributed by atoms with Crippen LogP contribution in [0.2, 0.25) is 0 Å². The van der Waals surface area contributed by atoms with Gasteiger partial charge in [0.1, 0.15) is 0 Å². The van der Waals surface area contributed by atoms with Crippen LogP contribution >= 0.6 is 23.1 Å². The Bertz CT molecular complexity index is 710. The smallest absolute Gasteiger partial charge is 0.318 e. The summed E-state index contributed by atoms with van der Waals surface area (Å²) < 4.78 is 0.643. The van der Waals surface area contributed by atoms with Gasteiger partial charge in [0.05, 0.1) is 5.75 Å². The number of rotatable bonds is 7. The molecule has 7 nitrogen and oxygen atoms in total. The van der Waals surface area contributed by atoms with Crippen LogP contribution in [0.15, 0.2) is 22.5 Å². The number of carbonyl (C=O) groups excluding carboxylic acids is 2. The summed E-state index contributed by atoms with van der Waals surface area (Å²) in [6.07, 6.45) is 1.84. The molecule has 1 aromatic carbocycles. The van der Waals surface area contributed by atoms with E-state index in [1.165, 1.54) is 34.2 Å². The van der Waals surface area contributed by atoms with E-state index in [0.717, 1.165) is 18.5 Å². The predicted octanol–water partition coefficient (Wildman–Crippen LogP) is 2.69. The number of hydrogen-bond donors (Lipinski definition) is 3. The van der Waals surface area contributed by atoms with Gasteiger partial charge in [0.15, 0.2) is 4.34 Å². The minimum Gasteiger partial charge on any atom is -0.351 e. The molecule has 2 rings (SSSR count). The number of carbonyl (C=O) groups is 2. The molecule has 0 aliphatic heterocycles. The summed E-state index contributed by atoms with van der Waals surface area (Å²) in [5.74, 6) is -0.398. The van der Waals surface area contributed by atoms with Crippen LogP contribution in [0.1, 0.15) is 25.0 Å². The highest BCUT2D eigenvalue weighted by Crippen LogP contribution is 2.31. The second-order valence-electron chi connectivity index (χ2n) is 4.86. The van der Waals surface area contributed by atoms with Crippen LogP contribution in [0.5, 0.6) is 0 Å². The Morgan fingerprint density at radius 1 is 1.21 bits per heavy atom. The van der Waals surface area contributed by atoms with Crippen LogP contribution in [0, 0.1) is 0 Å². The number of aryl methyl sites for hydroxylation is 2. The lowest BCUT2D eigenvalue weighted by atomic mass is 10.0. The minimum atomic E-state index is -0.858. The van der Waals surface area contributed by atoms with Gasteiger partial charge in [-0.1, -0.05) is 55.1 Å². The zero-order valence-electron chi connectivity index (χ0n) is 13.5. The topological polar surface area (TPSA) is 110 Å². The second kappa shape index (κ2) is 8.65. The van der Waals surface area contributed by atoms with Crippen molar-refractivity contribution in [1.29, 1.82) is 0 Å². The number of nitrogens with one attached hydrogen (secondary N) is 2. The van der Waals surface area contributed by atoms with Gasteiger partial charge in [0, 0.05) is 5.69 Å². The first-order chi connectivity index (χ1) is 11.5. The number of nitrogens with two attached hydrogens (primary N) is 1. The first-order valence-corrected chi connectivity index (χ1v) is 9.27. The standard InChI is InChI=1S/C15H19N5O2S2/c1-3-9-6-5-7-10(4-2)12(9)18-14-19-20-15(24-14)23-8-11(21)17-13(16)22/h5-7H,3-4,8H2,1-2H3,(H,18,19)(H3,16,17,21,22). The van der Waals surface area contributed by atoms with Crippen molar-refractivity contribution in [2.24, 2.45) is 5.73 Å². The number of aromatic nitrogens is 2. The third kappa shape index (κ3) is 4.93. The Morgan fingerprint density at radius 3 is 2.46 bits per heavy atom. The predicted molar refractivity (Wildman–Crippen MR) is 96.8 cm³/mol. The summed E-state index contributed by atoms with van der Waals surface area (Å²) in [5.41, 5.74) is 8.41. The van der Waals surface area contributed by atoms with E-state index in [9.17, 15) is 9.59 Å². The van der Waals surface area contributed by atoms with Crippen molar-refractivity contribution in [2.75, 3.05) is 11.1 Å². The summed E-state index contributed by atoms with van der Waals surface area (Å²) in [4.78, 5) is 22.0. The molecule has 24 heavy (non-hydrogen) atoms. The van der Waals surface area contributed by atoms with Crippen molar-refractivity contribution in [3.8, 4) is 0 Å². The Morgan fingerprint density at radius 2 is 1.88 bits per heavy atom. The molecule has 0 aliphatic carbocycles. The number of imide groups is 1. The SMILES string of the molecule is CCc1cccc(CC)c1Nc1nnc(SCC(=O)NC(N)=O)s1. The van der Waals surface area contributed by atoms with Crippen LogP contribution < -0.4 is 16.4 Å². The van der Waals surface area contributed by atoms with Gasteiger partial charge >= 0.3 is 6.03 Å². The zero-order valence-corrected chi connectivity index (χ0v) is 15.1. The normalized spacial score (nSPS) is 10.4. The maximum atomic E-state index is 11.4. The molecule has 1 aromatic heterocycles. The molecule has 0 spiro atoms. The van der Waals surface area contributed by atoms with E-state index >= 15 is 0 Å². The molecule has 0 saturated carbocycles. The highest BCUT2D eigenvalue weighted by Gasteiger charge is 2.12. The van der Waals surface area contributed by atoms with Crippen molar-refractivity contribution < 1.29 is 9.59 Å². The van der Waals surface area contributed by atoms with Gasteiger partial charge in [-0.05, 0) is 24.0 Å². The first-order valence-electron chi connectivity index (χ1n) is 7.46. The van der Waals surface area contributed by atoms with Gasteiger partial charge < -0.3 is 11.1 Å². The molecule has 3 amide bonds. The summed E-state index contributed by atoms with van der Waals surface area (Å²) in [6.45, 7) is 4.22. The maximum absolute atomic E-state index is 11.4. The number of nitrogens with zero attached hydrogens (tertiary/aromatic N) is 2. The fourth-order valence-corrected chi connectivity index (χ4v) is 3.69. The number of amides is 3. The van der Waals surface area contributed by atoms with Gasteiger partial charge in [-0.2, -0.15) is 0 Å². The average molecular weight is 365 g/mol. The van der Waals surface area contributed by atoms with E-state index in [0.29, 0.717) is 9.47 Å². The molecule has 0 fully saturated rings. The van der Waals surface area contributed by atoms with Crippen molar-refractivity contribution >= 4 is 45.9 Å². The molecule has 4 N–H and O–H groups in total. The molecule has 0 saturated heterocycles. The Kier molecular flexibility index (Phi) is 6.56. The van der Waals surface area contributed by atoms with Gasteiger partial charge in [0.25, 0.3) is 0 Å². The molecular weight excluding hydrogens is 346 g/mol. The van der Waals surface area contributed by atoms with Gasteiger partial charge in [-0.15, -0.1) is 10.2 Å². The first kappa shape index (κ1) is 18.2. The zero-order chi connectivity index (χ0) is 17.5. The molecule has 9 heteroatoms. The average Bonchev–Trinajstić information content (AvgIpc) is 3.00. The van der Waals surface area contributed by atoms with Crippen molar-refractivity contribution in [2.45, 2.75) is 31.0 Å². The summed E-state index contributed by atoms with van der Waals surface area (Å²) in [5, 5.41) is 14.2. The fraction of sp³-hybridized carbons (Fsp3) is 0.333. The van der Waals surface area contributed by atoms with Crippen molar-refractivity contribution in [3.63, 3.8) is 0 Å². The van der Waals surface area contributed by atoms with E-state index in [2.05, 4.69) is 47.6 Å². The Hall–Kier alpha value is -2.13. The highest BCUT2D eigenvalue weighted by molar-refractivity contribution is 8.01. The molecule has 0 atom stereocenters. The quantitative estimate of drug-likeness (QED) is 0.651. The third-order valence-corrected chi connectivity index (χ3v) is 5.20. The van der Waals surface area contributed by atoms with E-state index in [1.54, 1.807) is 0 Å². The molecule has 128 valence electrons.